The van der Waals surface area contributed by atoms with Gasteiger partial charge in [0.15, 0.2) is 11.6 Å². The molecule has 1 fully saturated rings. The molecule has 0 spiro atoms. The number of ketones is 3. The Hall–Kier alpha value is -3.27. The van der Waals surface area contributed by atoms with E-state index in [0.29, 0.717) is 6.61 Å². The van der Waals surface area contributed by atoms with E-state index in [-0.39, 0.29) is 64.7 Å². The third-order valence-corrected chi connectivity index (χ3v) is 6.62. The zero-order valence-corrected chi connectivity index (χ0v) is 18.0. The highest BCUT2D eigenvalue weighted by atomic mass is 16.6. The minimum Gasteiger partial charge on any atom is -0.507 e. The molecule has 0 radical (unpaired) electrons. The number of benzene rings is 2. The number of fused-ring (bicyclic) bond motifs is 3. The SMILES string of the molecule is COc1cccc2c1C(=O)c1c(O)c3c(c(O)c1C2=O)CC(O)(C(C)=O)CC3OCC1CO1. The van der Waals surface area contributed by atoms with Crippen LogP contribution in [0.3, 0.4) is 0 Å². The van der Waals surface area contributed by atoms with Gasteiger partial charge >= 0.3 is 0 Å². The van der Waals surface area contributed by atoms with Gasteiger partial charge < -0.3 is 29.5 Å². The van der Waals surface area contributed by atoms with Crippen LogP contribution in [0, 0.1) is 0 Å². The highest BCUT2D eigenvalue weighted by Gasteiger charge is 2.48. The second-order valence-corrected chi connectivity index (χ2v) is 8.63. The molecule has 3 unspecified atom stereocenters. The predicted octanol–water partition coefficient (Wildman–Crippen LogP) is 1.60. The number of hydrogen-bond donors (Lipinski definition) is 3. The van der Waals surface area contributed by atoms with E-state index < -0.39 is 40.6 Å². The molecular weight excluding hydrogens is 432 g/mol. The maximum atomic E-state index is 13.4. The third-order valence-electron chi connectivity index (χ3n) is 6.62. The number of carbonyl (C=O) groups is 3. The summed E-state index contributed by atoms with van der Waals surface area (Å²) >= 11 is 0. The summed E-state index contributed by atoms with van der Waals surface area (Å²) in [6.07, 6.45) is -1.68. The molecule has 33 heavy (non-hydrogen) atoms. The van der Waals surface area contributed by atoms with Crippen LogP contribution in [-0.2, 0) is 20.7 Å². The van der Waals surface area contributed by atoms with E-state index in [1.54, 1.807) is 6.07 Å². The highest BCUT2D eigenvalue weighted by molar-refractivity contribution is 6.31. The van der Waals surface area contributed by atoms with Gasteiger partial charge in [-0.3, -0.25) is 14.4 Å². The van der Waals surface area contributed by atoms with E-state index in [9.17, 15) is 29.7 Å². The van der Waals surface area contributed by atoms with Gasteiger partial charge in [-0.25, -0.2) is 0 Å². The van der Waals surface area contributed by atoms with Crippen LogP contribution < -0.4 is 4.74 Å². The molecule has 0 aromatic heterocycles. The molecule has 1 saturated heterocycles. The van der Waals surface area contributed by atoms with Crippen molar-refractivity contribution in [2.45, 2.75) is 37.6 Å². The summed E-state index contributed by atoms with van der Waals surface area (Å²) in [5, 5.41) is 33.4. The van der Waals surface area contributed by atoms with E-state index in [1.807, 2.05) is 0 Å². The lowest BCUT2D eigenvalue weighted by Crippen LogP contribution is -2.45. The molecule has 1 heterocycles. The Morgan fingerprint density at radius 3 is 2.48 bits per heavy atom. The van der Waals surface area contributed by atoms with Gasteiger partial charge in [-0.15, -0.1) is 0 Å². The summed E-state index contributed by atoms with van der Waals surface area (Å²) in [4.78, 5) is 39.0. The fourth-order valence-electron chi connectivity index (χ4n) is 4.72. The van der Waals surface area contributed by atoms with Crippen molar-refractivity contribution in [1.82, 2.24) is 0 Å². The standard InChI is InChI=1S/C24H22O9/c1-10(25)24(30)6-13-17(15(7-24)33-9-11-8-32-11)23(29)19-18(21(13)27)20(26)12-4-3-5-14(31-2)16(12)22(19)28/h3-5,11,15,27,29-30H,6-9H2,1-2H3. The van der Waals surface area contributed by atoms with Crippen molar-refractivity contribution >= 4 is 17.3 Å². The predicted molar refractivity (Wildman–Crippen MR) is 112 cm³/mol. The first-order valence-corrected chi connectivity index (χ1v) is 10.5. The number of phenols is 2. The molecule has 1 aliphatic heterocycles. The second-order valence-electron chi connectivity index (χ2n) is 8.63. The monoisotopic (exact) mass is 454 g/mol. The first-order valence-electron chi connectivity index (χ1n) is 10.5. The van der Waals surface area contributed by atoms with E-state index in [2.05, 4.69) is 0 Å². The van der Waals surface area contributed by atoms with Crippen LogP contribution >= 0.6 is 0 Å². The number of ether oxygens (including phenoxy) is 3. The van der Waals surface area contributed by atoms with Gasteiger partial charge in [-0.1, -0.05) is 12.1 Å². The van der Waals surface area contributed by atoms with E-state index in [1.165, 1.54) is 26.2 Å². The third kappa shape index (κ3) is 3.15. The molecule has 3 atom stereocenters. The summed E-state index contributed by atoms with van der Waals surface area (Å²) in [7, 11) is 1.36. The van der Waals surface area contributed by atoms with E-state index in [0.717, 1.165) is 0 Å². The molecule has 2 aromatic rings. The van der Waals surface area contributed by atoms with Crippen LogP contribution in [0.1, 0.15) is 62.4 Å². The van der Waals surface area contributed by atoms with Crippen LogP contribution in [0.25, 0.3) is 0 Å². The van der Waals surface area contributed by atoms with Gasteiger partial charge in [0.05, 0.1) is 43.1 Å². The van der Waals surface area contributed by atoms with Crippen LogP contribution in [0.15, 0.2) is 18.2 Å². The zero-order valence-electron chi connectivity index (χ0n) is 18.0. The molecule has 2 aromatic carbocycles. The van der Waals surface area contributed by atoms with Gasteiger partial charge in [0, 0.05) is 29.5 Å². The van der Waals surface area contributed by atoms with Gasteiger partial charge in [-0.05, 0) is 13.0 Å². The summed E-state index contributed by atoms with van der Waals surface area (Å²) in [6, 6.07) is 4.50. The van der Waals surface area contributed by atoms with Gasteiger partial charge in [0.1, 0.15) is 29.0 Å². The molecule has 0 saturated carbocycles. The largest absolute Gasteiger partial charge is 0.507 e. The van der Waals surface area contributed by atoms with Gasteiger partial charge in [-0.2, -0.15) is 0 Å². The molecule has 3 aliphatic rings. The fraction of sp³-hybridized carbons (Fsp3) is 0.375. The number of Topliss-reactive ketones (excluding diaryl/α,β-unsaturated/α-hetero) is 1. The molecule has 9 heteroatoms. The molecule has 2 aliphatic carbocycles. The normalized spacial score (nSPS) is 25.2. The number of carbonyl (C=O) groups excluding carboxylic acids is 3. The Morgan fingerprint density at radius 1 is 1.15 bits per heavy atom. The maximum absolute atomic E-state index is 13.4. The van der Waals surface area contributed by atoms with Crippen molar-refractivity contribution in [2.75, 3.05) is 20.3 Å². The van der Waals surface area contributed by atoms with Crippen molar-refractivity contribution < 1.29 is 43.9 Å². The van der Waals surface area contributed by atoms with Crippen LogP contribution in [0.2, 0.25) is 0 Å². The highest BCUT2D eigenvalue weighted by Crippen LogP contribution is 2.52. The Morgan fingerprint density at radius 2 is 1.85 bits per heavy atom. The molecule has 172 valence electrons. The number of aromatic hydroxyl groups is 2. The van der Waals surface area contributed by atoms with Crippen LogP contribution in [-0.4, -0.2) is 64.7 Å². The van der Waals surface area contributed by atoms with E-state index >= 15 is 0 Å². The lowest BCUT2D eigenvalue weighted by Gasteiger charge is -2.38. The smallest absolute Gasteiger partial charge is 0.202 e. The number of epoxide rings is 1. The molecule has 3 N–H and O–H groups in total. The second kappa shape index (κ2) is 7.38. The maximum Gasteiger partial charge on any atom is 0.202 e. The van der Waals surface area contributed by atoms with E-state index in [4.69, 9.17) is 14.2 Å². The zero-order chi connectivity index (χ0) is 23.7. The van der Waals surface area contributed by atoms with Crippen molar-refractivity contribution in [3.8, 4) is 17.2 Å². The first-order chi connectivity index (χ1) is 15.7. The van der Waals surface area contributed by atoms with Crippen LogP contribution in [0.4, 0.5) is 0 Å². The lowest BCUT2D eigenvalue weighted by atomic mass is 9.72. The van der Waals surface area contributed by atoms with Gasteiger partial charge in [0.25, 0.3) is 0 Å². The molecular formula is C24H22O9. The molecule has 0 amide bonds. The summed E-state index contributed by atoms with van der Waals surface area (Å²) < 4.78 is 16.3. The Labute approximate surface area is 188 Å². The molecule has 5 rings (SSSR count). The number of methoxy groups -OCH3 is 1. The Kier molecular flexibility index (Phi) is 4.82. The first kappa shape index (κ1) is 21.6. The molecule has 9 nitrogen and oxygen atoms in total. The average molecular weight is 454 g/mol. The topological polar surface area (TPSA) is 143 Å². The van der Waals surface area contributed by atoms with Crippen LogP contribution in [0.5, 0.6) is 17.2 Å². The minimum absolute atomic E-state index is 0.00408. The van der Waals surface area contributed by atoms with Crippen molar-refractivity contribution in [3.63, 3.8) is 0 Å². The average Bonchev–Trinajstić information content (AvgIpc) is 3.62. The summed E-state index contributed by atoms with van der Waals surface area (Å²) in [5.41, 5.74) is -2.48. The summed E-state index contributed by atoms with van der Waals surface area (Å²) in [6.45, 7) is 1.86. The lowest BCUT2D eigenvalue weighted by molar-refractivity contribution is -0.141. The fourth-order valence-corrected chi connectivity index (χ4v) is 4.72. The Bertz CT molecular complexity index is 1230. The minimum atomic E-state index is -1.87. The quantitative estimate of drug-likeness (QED) is 0.387. The number of rotatable bonds is 5. The van der Waals surface area contributed by atoms with Gasteiger partial charge in [0.2, 0.25) is 5.78 Å². The number of aliphatic hydroxyl groups is 1. The number of phenolic OH excluding ortho intramolecular Hbond substituents is 2. The van der Waals surface area contributed by atoms with Crippen molar-refractivity contribution in [2.24, 2.45) is 0 Å². The Balaban J connectivity index is 1.74. The van der Waals surface area contributed by atoms with Crippen molar-refractivity contribution in [1.29, 1.82) is 0 Å². The molecule has 0 bridgehead atoms. The summed E-state index contributed by atoms with van der Waals surface area (Å²) in [5.74, 6) is -2.80. The van der Waals surface area contributed by atoms with Crippen molar-refractivity contribution in [3.05, 3.63) is 51.6 Å². The number of hydrogen-bond acceptors (Lipinski definition) is 9.